The van der Waals surface area contributed by atoms with E-state index in [-0.39, 0.29) is 5.78 Å². The Bertz CT molecular complexity index is 599. The van der Waals surface area contributed by atoms with Crippen molar-refractivity contribution in [1.29, 1.82) is 0 Å². The van der Waals surface area contributed by atoms with Crippen LogP contribution in [0.4, 0.5) is 0 Å². The number of rotatable bonds is 3. The molecule has 0 atom stereocenters. The van der Waals surface area contributed by atoms with Gasteiger partial charge in [-0.2, -0.15) is 0 Å². The third-order valence-corrected chi connectivity index (χ3v) is 3.40. The fourth-order valence-electron chi connectivity index (χ4n) is 2.52. The van der Waals surface area contributed by atoms with Crippen LogP contribution < -0.4 is 4.74 Å². The van der Waals surface area contributed by atoms with E-state index in [4.69, 9.17) is 4.74 Å². The van der Waals surface area contributed by atoms with Crippen LogP contribution in [0.2, 0.25) is 0 Å². The van der Waals surface area contributed by atoms with Gasteiger partial charge in [0.2, 0.25) is 5.88 Å². The van der Waals surface area contributed by atoms with Crippen molar-refractivity contribution >= 4 is 5.78 Å². The first-order valence-electron chi connectivity index (χ1n) is 6.62. The number of ether oxygens (including phenoxy) is 1. The zero-order chi connectivity index (χ0) is 13.2. The molecule has 3 rings (SSSR count). The van der Waals surface area contributed by atoms with Crippen LogP contribution in [-0.4, -0.2) is 21.9 Å². The van der Waals surface area contributed by atoms with Crippen molar-refractivity contribution in [1.82, 2.24) is 9.55 Å². The Kier molecular flexibility index (Phi) is 3.07. The summed E-state index contributed by atoms with van der Waals surface area (Å²) in [6.07, 6.45) is 6.27. The fraction of sp³-hybridized carbons (Fsp3) is 0.333. The lowest BCUT2D eigenvalue weighted by molar-refractivity contribution is 0.0972. The molecule has 19 heavy (non-hydrogen) atoms. The van der Waals surface area contributed by atoms with E-state index in [0.717, 1.165) is 29.8 Å². The number of pyridine rings is 1. The Balaban J connectivity index is 1.96. The highest BCUT2D eigenvalue weighted by molar-refractivity contribution is 5.98. The van der Waals surface area contributed by atoms with Crippen LogP contribution in [0, 0.1) is 0 Å². The Hall–Kier alpha value is -2.10. The standard InChI is InChI=1S/C15H16N2O2/c1-2-19-15-7-6-11(10-16-15)17-9-8-12-13(17)4-3-5-14(12)18/h6-10H,2-5H2,1H3. The van der Waals surface area contributed by atoms with Crippen molar-refractivity contribution in [3.63, 3.8) is 0 Å². The molecule has 0 aliphatic heterocycles. The van der Waals surface area contributed by atoms with Crippen molar-refractivity contribution < 1.29 is 9.53 Å². The zero-order valence-electron chi connectivity index (χ0n) is 10.9. The van der Waals surface area contributed by atoms with Crippen LogP contribution >= 0.6 is 0 Å². The molecule has 0 bridgehead atoms. The molecule has 4 heteroatoms. The molecule has 2 heterocycles. The van der Waals surface area contributed by atoms with Crippen molar-refractivity contribution in [2.24, 2.45) is 0 Å². The van der Waals surface area contributed by atoms with E-state index in [2.05, 4.69) is 9.55 Å². The quantitative estimate of drug-likeness (QED) is 0.848. The first-order valence-corrected chi connectivity index (χ1v) is 6.62. The lowest BCUT2D eigenvalue weighted by Crippen LogP contribution is -2.12. The average molecular weight is 256 g/mol. The van der Waals surface area contributed by atoms with Gasteiger partial charge < -0.3 is 9.30 Å². The monoisotopic (exact) mass is 256 g/mol. The number of carbonyl (C=O) groups is 1. The van der Waals surface area contributed by atoms with Gasteiger partial charge in [-0.1, -0.05) is 0 Å². The highest BCUT2D eigenvalue weighted by Gasteiger charge is 2.21. The number of hydrogen-bond acceptors (Lipinski definition) is 3. The second-order valence-corrected chi connectivity index (χ2v) is 4.61. The summed E-state index contributed by atoms with van der Waals surface area (Å²) in [7, 11) is 0. The minimum absolute atomic E-state index is 0.249. The minimum atomic E-state index is 0.249. The van der Waals surface area contributed by atoms with Crippen LogP contribution in [0.15, 0.2) is 30.6 Å². The van der Waals surface area contributed by atoms with Gasteiger partial charge in [0.05, 0.1) is 18.5 Å². The molecule has 2 aromatic heterocycles. The molecule has 1 aliphatic rings. The third-order valence-electron chi connectivity index (χ3n) is 3.40. The number of aromatic nitrogens is 2. The lowest BCUT2D eigenvalue weighted by Gasteiger charge is -2.15. The maximum atomic E-state index is 11.8. The number of carbonyl (C=O) groups excluding carboxylic acids is 1. The van der Waals surface area contributed by atoms with Crippen LogP contribution in [0.5, 0.6) is 5.88 Å². The van der Waals surface area contributed by atoms with E-state index in [1.165, 1.54) is 0 Å². The third kappa shape index (κ3) is 2.14. The van der Waals surface area contributed by atoms with Crippen LogP contribution in [0.1, 0.15) is 35.8 Å². The molecule has 0 fully saturated rings. The first kappa shape index (κ1) is 12.0. The fourth-order valence-corrected chi connectivity index (χ4v) is 2.52. The molecule has 0 amide bonds. The number of Topliss-reactive ketones (excluding diaryl/α,β-unsaturated/α-hetero) is 1. The molecule has 0 unspecified atom stereocenters. The van der Waals surface area contributed by atoms with Crippen molar-refractivity contribution in [3.8, 4) is 11.6 Å². The van der Waals surface area contributed by atoms with Gasteiger partial charge in [0, 0.05) is 29.9 Å². The second kappa shape index (κ2) is 4.88. The molecule has 0 radical (unpaired) electrons. The zero-order valence-corrected chi connectivity index (χ0v) is 10.9. The van der Waals surface area contributed by atoms with Crippen molar-refractivity contribution in [2.75, 3.05) is 6.61 Å². The van der Waals surface area contributed by atoms with Crippen molar-refractivity contribution in [2.45, 2.75) is 26.2 Å². The Morgan fingerprint density at radius 2 is 2.21 bits per heavy atom. The summed E-state index contributed by atoms with van der Waals surface area (Å²) in [5, 5.41) is 0. The maximum Gasteiger partial charge on any atom is 0.213 e. The second-order valence-electron chi connectivity index (χ2n) is 4.61. The summed E-state index contributed by atoms with van der Waals surface area (Å²) in [6, 6.07) is 5.74. The van der Waals surface area contributed by atoms with Gasteiger partial charge in [0.1, 0.15) is 0 Å². The van der Waals surface area contributed by atoms with Crippen LogP contribution in [0.25, 0.3) is 5.69 Å². The summed E-state index contributed by atoms with van der Waals surface area (Å²) in [5.74, 6) is 0.877. The smallest absolute Gasteiger partial charge is 0.213 e. The molecule has 1 aliphatic carbocycles. The van der Waals surface area contributed by atoms with Crippen molar-refractivity contribution in [3.05, 3.63) is 41.9 Å². The lowest BCUT2D eigenvalue weighted by atomic mass is 9.97. The molecular formula is C15H16N2O2. The highest BCUT2D eigenvalue weighted by atomic mass is 16.5. The molecule has 0 saturated heterocycles. The molecule has 0 spiro atoms. The van der Waals surface area contributed by atoms with E-state index in [1.54, 1.807) is 6.20 Å². The summed E-state index contributed by atoms with van der Waals surface area (Å²) in [6.45, 7) is 2.54. The minimum Gasteiger partial charge on any atom is -0.478 e. The number of ketones is 1. The van der Waals surface area contributed by atoms with Gasteiger partial charge in [-0.15, -0.1) is 0 Å². The predicted molar refractivity (Wildman–Crippen MR) is 72.0 cm³/mol. The molecular weight excluding hydrogens is 240 g/mol. The number of hydrogen-bond donors (Lipinski definition) is 0. The molecule has 0 aromatic carbocycles. The Labute approximate surface area is 112 Å². The molecule has 98 valence electrons. The first-order chi connectivity index (χ1) is 9.29. The van der Waals surface area contributed by atoms with Gasteiger partial charge in [-0.25, -0.2) is 4.98 Å². The summed E-state index contributed by atoms with van der Waals surface area (Å²) < 4.78 is 7.38. The summed E-state index contributed by atoms with van der Waals surface area (Å²) >= 11 is 0. The topological polar surface area (TPSA) is 44.1 Å². The normalized spacial score (nSPS) is 14.3. The summed E-state index contributed by atoms with van der Waals surface area (Å²) in [4.78, 5) is 16.1. The Morgan fingerprint density at radius 1 is 1.32 bits per heavy atom. The van der Waals surface area contributed by atoms with E-state index in [0.29, 0.717) is 18.9 Å². The van der Waals surface area contributed by atoms with Gasteiger partial charge in [-0.3, -0.25) is 4.79 Å². The molecule has 0 N–H and O–H groups in total. The largest absolute Gasteiger partial charge is 0.478 e. The molecule has 0 saturated carbocycles. The van der Waals surface area contributed by atoms with Crippen LogP contribution in [0.3, 0.4) is 0 Å². The van der Waals surface area contributed by atoms with Gasteiger partial charge in [-0.05, 0) is 31.9 Å². The van der Waals surface area contributed by atoms with E-state index >= 15 is 0 Å². The number of fused-ring (bicyclic) bond motifs is 1. The van der Waals surface area contributed by atoms with Gasteiger partial charge in [0.25, 0.3) is 0 Å². The van der Waals surface area contributed by atoms with E-state index in [9.17, 15) is 4.79 Å². The van der Waals surface area contributed by atoms with E-state index in [1.807, 2.05) is 31.3 Å². The van der Waals surface area contributed by atoms with Crippen LogP contribution in [-0.2, 0) is 6.42 Å². The predicted octanol–water partition coefficient (Wildman–Crippen LogP) is 2.79. The maximum absolute atomic E-state index is 11.8. The summed E-state index contributed by atoms with van der Waals surface area (Å²) in [5.41, 5.74) is 2.93. The molecule has 4 nitrogen and oxygen atoms in total. The average Bonchev–Trinajstić information content (AvgIpc) is 2.85. The highest BCUT2D eigenvalue weighted by Crippen LogP contribution is 2.25. The Morgan fingerprint density at radius 3 is 2.95 bits per heavy atom. The van der Waals surface area contributed by atoms with E-state index < -0.39 is 0 Å². The SMILES string of the molecule is CCOc1ccc(-n2ccc3c2CCCC3=O)cn1. The molecule has 2 aromatic rings. The number of nitrogens with zero attached hydrogens (tertiary/aromatic N) is 2. The van der Waals surface area contributed by atoms with Gasteiger partial charge in [0.15, 0.2) is 5.78 Å². The van der Waals surface area contributed by atoms with Gasteiger partial charge >= 0.3 is 0 Å².